The van der Waals surface area contributed by atoms with Crippen molar-refractivity contribution in [3.05, 3.63) is 29.8 Å². The van der Waals surface area contributed by atoms with Crippen molar-refractivity contribution in [3.63, 3.8) is 0 Å². The number of nitrogens with one attached hydrogen (secondary N) is 3. The van der Waals surface area contributed by atoms with Gasteiger partial charge in [-0.25, -0.2) is 0 Å². The third-order valence-electron chi connectivity index (χ3n) is 4.28. The average Bonchev–Trinajstić information content (AvgIpc) is 3.15. The van der Waals surface area contributed by atoms with E-state index in [9.17, 15) is 9.59 Å². The fraction of sp³-hybridized carbons (Fsp3) is 0.500. The summed E-state index contributed by atoms with van der Waals surface area (Å²) in [4.78, 5) is 23.8. The van der Waals surface area contributed by atoms with E-state index in [0.29, 0.717) is 23.9 Å². The van der Waals surface area contributed by atoms with Crippen molar-refractivity contribution in [1.29, 1.82) is 0 Å². The van der Waals surface area contributed by atoms with Crippen LogP contribution in [0.3, 0.4) is 0 Å². The number of carbonyl (C=O) groups is 2. The Hall–Kier alpha value is -1.59. The number of hydrogen-bond donors (Lipinski definition) is 3. The molecule has 2 atom stereocenters. The fourth-order valence-electron chi connectivity index (χ4n) is 2.46. The van der Waals surface area contributed by atoms with Gasteiger partial charge in [0.1, 0.15) is 0 Å². The molecule has 2 fully saturated rings. The largest absolute Gasteiger partial charge is 0.352 e. The van der Waals surface area contributed by atoms with Crippen molar-refractivity contribution >= 4 is 29.9 Å². The first-order chi connectivity index (χ1) is 10.1. The van der Waals surface area contributed by atoms with Crippen LogP contribution < -0.4 is 16.0 Å². The Balaban J connectivity index is 0.00000176. The zero-order chi connectivity index (χ0) is 14.8. The quantitative estimate of drug-likeness (QED) is 0.771. The van der Waals surface area contributed by atoms with Crippen LogP contribution in [0, 0.1) is 17.8 Å². The lowest BCUT2D eigenvalue weighted by Crippen LogP contribution is -2.48. The third-order valence-corrected chi connectivity index (χ3v) is 4.28. The van der Waals surface area contributed by atoms with E-state index in [1.165, 1.54) is 0 Å². The Labute approximate surface area is 136 Å². The van der Waals surface area contributed by atoms with E-state index in [1.54, 1.807) is 24.3 Å². The van der Waals surface area contributed by atoms with Crippen LogP contribution in [0.4, 0.5) is 5.69 Å². The molecule has 1 aromatic rings. The second kappa shape index (κ2) is 7.11. The van der Waals surface area contributed by atoms with Crippen LogP contribution in [-0.4, -0.2) is 31.4 Å². The standard InChI is InChI=1S/C16H21N3O2.ClH/c1-10-6-14(10)16(21)19-13-4-2-12(3-5-13)15(20)18-9-11-7-17-8-11;/h2-5,10-11,14,17H,6-9H2,1H3,(H,18,20)(H,19,21);1H. The predicted octanol–water partition coefficient (Wildman–Crippen LogP) is 1.65. The van der Waals surface area contributed by atoms with Crippen LogP contribution in [0.1, 0.15) is 23.7 Å². The second-order valence-corrected chi connectivity index (χ2v) is 6.12. The molecular weight excluding hydrogens is 302 g/mol. The maximum atomic E-state index is 12.0. The van der Waals surface area contributed by atoms with E-state index in [0.717, 1.165) is 25.2 Å². The summed E-state index contributed by atoms with van der Waals surface area (Å²) >= 11 is 0. The van der Waals surface area contributed by atoms with Crippen LogP contribution >= 0.6 is 12.4 Å². The minimum Gasteiger partial charge on any atom is -0.352 e. The molecule has 1 saturated carbocycles. The molecule has 3 rings (SSSR count). The molecule has 2 amide bonds. The van der Waals surface area contributed by atoms with Crippen LogP contribution in [-0.2, 0) is 4.79 Å². The van der Waals surface area contributed by atoms with Gasteiger partial charge >= 0.3 is 0 Å². The Morgan fingerprint density at radius 2 is 1.86 bits per heavy atom. The number of amides is 2. The molecule has 0 spiro atoms. The maximum absolute atomic E-state index is 12.0. The summed E-state index contributed by atoms with van der Waals surface area (Å²) < 4.78 is 0. The molecule has 2 aliphatic rings. The van der Waals surface area contributed by atoms with Gasteiger partial charge in [0.05, 0.1) is 0 Å². The van der Waals surface area contributed by atoms with E-state index >= 15 is 0 Å². The first-order valence-electron chi connectivity index (χ1n) is 7.53. The average molecular weight is 324 g/mol. The highest BCUT2D eigenvalue weighted by molar-refractivity contribution is 5.96. The summed E-state index contributed by atoms with van der Waals surface area (Å²) in [5, 5.41) is 8.99. The van der Waals surface area contributed by atoms with Crippen LogP contribution in [0.5, 0.6) is 0 Å². The Kier molecular flexibility index (Phi) is 5.42. The van der Waals surface area contributed by atoms with Gasteiger partial charge in [-0.2, -0.15) is 0 Å². The Morgan fingerprint density at radius 1 is 1.23 bits per heavy atom. The van der Waals surface area contributed by atoms with Gasteiger partial charge in [0.15, 0.2) is 0 Å². The lowest BCUT2D eigenvalue weighted by molar-refractivity contribution is -0.117. The lowest BCUT2D eigenvalue weighted by atomic mass is 10.0. The highest BCUT2D eigenvalue weighted by Crippen LogP contribution is 2.38. The minimum atomic E-state index is -0.0596. The van der Waals surface area contributed by atoms with Crippen molar-refractivity contribution in [2.75, 3.05) is 25.0 Å². The lowest BCUT2D eigenvalue weighted by Gasteiger charge is -2.27. The molecular formula is C16H22ClN3O2. The molecule has 1 aliphatic carbocycles. The SMILES string of the molecule is CC1CC1C(=O)Nc1ccc(C(=O)NCC2CNC2)cc1.Cl. The number of carbonyl (C=O) groups excluding carboxylic acids is 2. The van der Waals surface area contributed by atoms with Gasteiger partial charge in [0.2, 0.25) is 5.91 Å². The molecule has 0 bridgehead atoms. The molecule has 2 unspecified atom stereocenters. The molecule has 1 aromatic carbocycles. The third kappa shape index (κ3) is 3.99. The van der Waals surface area contributed by atoms with Crippen molar-refractivity contribution in [1.82, 2.24) is 10.6 Å². The number of anilines is 1. The highest BCUT2D eigenvalue weighted by atomic mass is 35.5. The highest BCUT2D eigenvalue weighted by Gasteiger charge is 2.39. The molecule has 3 N–H and O–H groups in total. The first-order valence-corrected chi connectivity index (χ1v) is 7.53. The van der Waals surface area contributed by atoms with Crippen LogP contribution in [0.25, 0.3) is 0 Å². The van der Waals surface area contributed by atoms with Crippen LogP contribution in [0.15, 0.2) is 24.3 Å². The van der Waals surface area contributed by atoms with E-state index in [4.69, 9.17) is 0 Å². The maximum Gasteiger partial charge on any atom is 0.251 e. The normalized spacial score (nSPS) is 23.0. The van der Waals surface area contributed by atoms with E-state index in [1.807, 2.05) is 0 Å². The molecule has 1 aliphatic heterocycles. The van der Waals surface area contributed by atoms with Crippen molar-refractivity contribution in [2.24, 2.45) is 17.8 Å². The summed E-state index contributed by atoms with van der Waals surface area (Å²) in [6, 6.07) is 7.07. The fourth-order valence-corrected chi connectivity index (χ4v) is 2.46. The van der Waals surface area contributed by atoms with E-state index < -0.39 is 0 Å². The number of benzene rings is 1. The summed E-state index contributed by atoms with van der Waals surface area (Å²) in [6.45, 7) is 4.74. The minimum absolute atomic E-state index is 0. The summed E-state index contributed by atoms with van der Waals surface area (Å²) in [7, 11) is 0. The molecule has 0 aromatic heterocycles. The van der Waals surface area contributed by atoms with Gasteiger partial charge in [0, 0.05) is 42.7 Å². The van der Waals surface area contributed by atoms with Crippen molar-refractivity contribution < 1.29 is 9.59 Å². The van der Waals surface area contributed by atoms with Gasteiger partial charge in [-0.05, 0) is 36.6 Å². The molecule has 22 heavy (non-hydrogen) atoms. The molecule has 5 nitrogen and oxygen atoms in total. The smallest absolute Gasteiger partial charge is 0.251 e. The number of rotatable bonds is 5. The number of halogens is 1. The van der Waals surface area contributed by atoms with Gasteiger partial charge in [-0.3, -0.25) is 9.59 Å². The molecule has 1 saturated heterocycles. The molecule has 0 radical (unpaired) electrons. The Bertz CT molecular complexity index is 543. The van der Waals surface area contributed by atoms with Gasteiger partial charge in [-0.1, -0.05) is 6.92 Å². The van der Waals surface area contributed by atoms with Crippen molar-refractivity contribution in [3.8, 4) is 0 Å². The Morgan fingerprint density at radius 3 is 2.36 bits per heavy atom. The monoisotopic (exact) mass is 323 g/mol. The zero-order valence-corrected chi connectivity index (χ0v) is 13.4. The first kappa shape index (κ1) is 16.8. The van der Waals surface area contributed by atoms with E-state index in [2.05, 4.69) is 22.9 Å². The summed E-state index contributed by atoms with van der Waals surface area (Å²) in [5.41, 5.74) is 1.37. The second-order valence-electron chi connectivity index (χ2n) is 6.12. The number of hydrogen-bond acceptors (Lipinski definition) is 3. The van der Waals surface area contributed by atoms with Crippen molar-refractivity contribution in [2.45, 2.75) is 13.3 Å². The summed E-state index contributed by atoms with van der Waals surface area (Å²) in [6.07, 6.45) is 0.975. The van der Waals surface area contributed by atoms with Gasteiger partial charge in [0.25, 0.3) is 5.91 Å². The zero-order valence-electron chi connectivity index (χ0n) is 12.6. The molecule has 1 heterocycles. The van der Waals surface area contributed by atoms with Gasteiger partial charge < -0.3 is 16.0 Å². The predicted molar refractivity (Wildman–Crippen MR) is 88.3 cm³/mol. The van der Waals surface area contributed by atoms with Gasteiger partial charge in [-0.15, -0.1) is 12.4 Å². The van der Waals surface area contributed by atoms with E-state index in [-0.39, 0.29) is 30.1 Å². The molecule has 120 valence electrons. The molecule has 6 heteroatoms. The van der Waals surface area contributed by atoms with Crippen LogP contribution in [0.2, 0.25) is 0 Å². The summed E-state index contributed by atoms with van der Waals surface area (Å²) in [5.74, 6) is 1.22. The topological polar surface area (TPSA) is 70.2 Å².